The molecule has 0 bridgehead atoms. The van der Waals surface area contributed by atoms with Gasteiger partial charge >= 0.3 is 0 Å². The van der Waals surface area contributed by atoms with Crippen LogP contribution >= 0.6 is 23.1 Å². The van der Waals surface area contributed by atoms with Crippen LogP contribution in [-0.2, 0) is 17.6 Å². The summed E-state index contributed by atoms with van der Waals surface area (Å²) in [6, 6.07) is 9.71. The predicted octanol–water partition coefficient (Wildman–Crippen LogP) is 5.07. The van der Waals surface area contributed by atoms with Crippen molar-refractivity contribution in [1.82, 2.24) is 14.5 Å². The Hall–Kier alpha value is -2.12. The summed E-state index contributed by atoms with van der Waals surface area (Å²) in [6.45, 7) is 3.96. The first-order valence-electron chi connectivity index (χ1n) is 11.6. The number of hydrogen-bond donors (Lipinski definition) is 0. The minimum absolute atomic E-state index is 0.00188. The molecule has 0 N–H and O–H groups in total. The molecule has 5 nitrogen and oxygen atoms in total. The average Bonchev–Trinajstić information content (AvgIpc) is 2.96. The zero-order valence-corrected chi connectivity index (χ0v) is 20.1. The van der Waals surface area contributed by atoms with Crippen LogP contribution in [0.25, 0.3) is 15.9 Å². The molecule has 1 saturated heterocycles. The van der Waals surface area contributed by atoms with Crippen LogP contribution in [0, 0.1) is 5.92 Å². The molecule has 0 spiro atoms. The quantitative estimate of drug-likeness (QED) is 0.397. The second-order valence-electron chi connectivity index (χ2n) is 8.99. The lowest BCUT2D eigenvalue weighted by Gasteiger charge is -2.20. The lowest BCUT2D eigenvalue weighted by atomic mass is 9.89. The summed E-state index contributed by atoms with van der Waals surface area (Å²) in [5, 5.41) is 1.40. The second-order valence-corrected chi connectivity index (χ2v) is 11.0. The van der Waals surface area contributed by atoms with Crippen molar-refractivity contribution in [2.75, 3.05) is 18.8 Å². The molecule has 1 unspecified atom stereocenters. The van der Waals surface area contributed by atoms with Gasteiger partial charge in [0.25, 0.3) is 5.56 Å². The molecule has 7 heteroatoms. The monoisotopic (exact) mass is 467 g/mol. The summed E-state index contributed by atoms with van der Waals surface area (Å²) in [5.74, 6) is 1.10. The number of para-hydroxylation sites is 1. The van der Waals surface area contributed by atoms with Crippen molar-refractivity contribution in [3.63, 3.8) is 0 Å². The molecular weight excluding hydrogens is 438 g/mol. The van der Waals surface area contributed by atoms with Crippen molar-refractivity contribution < 1.29 is 4.79 Å². The molecule has 32 heavy (non-hydrogen) atoms. The van der Waals surface area contributed by atoms with Crippen LogP contribution in [0.3, 0.4) is 0 Å². The summed E-state index contributed by atoms with van der Waals surface area (Å²) in [7, 11) is 0. The molecule has 1 fully saturated rings. The molecular formula is C25H29N3O2S2. The Morgan fingerprint density at radius 2 is 1.91 bits per heavy atom. The Labute approximate surface area is 196 Å². The molecule has 1 aliphatic carbocycles. The maximum Gasteiger partial charge on any atom is 0.267 e. The van der Waals surface area contributed by atoms with Gasteiger partial charge in [-0.05, 0) is 55.7 Å². The largest absolute Gasteiger partial charge is 0.342 e. The molecule has 3 aromatic rings. The van der Waals surface area contributed by atoms with E-state index in [1.807, 2.05) is 35.2 Å². The molecule has 1 aliphatic heterocycles. The van der Waals surface area contributed by atoms with Crippen LogP contribution in [-0.4, -0.2) is 39.2 Å². The number of aryl methyl sites for hydroxylation is 1. The first-order valence-corrected chi connectivity index (χ1v) is 13.5. The number of thioether (sulfide) groups is 1. The van der Waals surface area contributed by atoms with Crippen molar-refractivity contribution in [3.05, 3.63) is 51.1 Å². The number of amides is 1. The number of nitrogens with zero attached hydrogens (tertiary/aromatic N) is 3. The van der Waals surface area contributed by atoms with Gasteiger partial charge in [0.2, 0.25) is 5.91 Å². The predicted molar refractivity (Wildman–Crippen MR) is 132 cm³/mol. The first-order chi connectivity index (χ1) is 15.6. The number of rotatable bonds is 4. The standard InChI is InChI=1S/C25H29N3O2S2/c1-17-11-12-19-20(15-17)32-23-22(19)24(30)28(18-9-5-4-6-10-18)25(26-23)31-16-21(29)27-13-7-2-3-8-14-27/h4-6,9-10,17H,2-3,7-8,11-16H2,1H3. The Morgan fingerprint density at radius 3 is 2.66 bits per heavy atom. The number of carbonyl (C=O) groups excluding carboxylic acids is 1. The maximum absolute atomic E-state index is 13.8. The number of aromatic nitrogens is 2. The number of hydrogen-bond acceptors (Lipinski definition) is 5. The van der Waals surface area contributed by atoms with Gasteiger partial charge in [0.1, 0.15) is 4.83 Å². The molecule has 1 atom stereocenters. The van der Waals surface area contributed by atoms with Gasteiger partial charge in [0.05, 0.1) is 16.8 Å². The maximum atomic E-state index is 13.8. The fraction of sp³-hybridized carbons (Fsp3) is 0.480. The number of fused-ring (bicyclic) bond motifs is 3. The molecule has 0 radical (unpaired) electrons. The summed E-state index contributed by atoms with van der Waals surface area (Å²) < 4.78 is 1.72. The summed E-state index contributed by atoms with van der Waals surface area (Å²) >= 11 is 3.06. The zero-order chi connectivity index (χ0) is 22.1. The number of benzene rings is 1. The molecule has 1 amide bonds. The summed E-state index contributed by atoms with van der Waals surface area (Å²) in [5.41, 5.74) is 2.00. The molecule has 2 aliphatic rings. The van der Waals surface area contributed by atoms with E-state index in [4.69, 9.17) is 4.98 Å². The van der Waals surface area contributed by atoms with E-state index in [9.17, 15) is 9.59 Å². The van der Waals surface area contributed by atoms with Gasteiger partial charge in [-0.15, -0.1) is 11.3 Å². The highest BCUT2D eigenvalue weighted by molar-refractivity contribution is 7.99. The zero-order valence-electron chi connectivity index (χ0n) is 18.5. The van der Waals surface area contributed by atoms with Gasteiger partial charge in [-0.25, -0.2) is 4.98 Å². The van der Waals surface area contributed by atoms with E-state index in [0.717, 1.165) is 61.1 Å². The highest BCUT2D eigenvalue weighted by Gasteiger charge is 2.26. The molecule has 2 aromatic heterocycles. The van der Waals surface area contributed by atoms with Crippen molar-refractivity contribution in [3.8, 4) is 5.69 Å². The van der Waals surface area contributed by atoms with Gasteiger partial charge in [-0.3, -0.25) is 14.2 Å². The first kappa shape index (κ1) is 21.7. The fourth-order valence-electron chi connectivity index (χ4n) is 4.81. The van der Waals surface area contributed by atoms with Crippen LogP contribution in [0.15, 0.2) is 40.3 Å². The molecule has 5 rings (SSSR count). The Balaban J connectivity index is 1.53. The normalized spacial score (nSPS) is 19.0. The van der Waals surface area contributed by atoms with E-state index < -0.39 is 0 Å². The van der Waals surface area contributed by atoms with Crippen LogP contribution in [0.1, 0.15) is 49.5 Å². The van der Waals surface area contributed by atoms with E-state index in [2.05, 4.69) is 6.92 Å². The molecule has 3 heterocycles. The van der Waals surface area contributed by atoms with Crippen LogP contribution in [0.4, 0.5) is 0 Å². The van der Waals surface area contributed by atoms with Gasteiger partial charge in [0.15, 0.2) is 5.16 Å². The fourth-order valence-corrected chi connectivity index (χ4v) is 7.15. The van der Waals surface area contributed by atoms with Crippen LogP contribution in [0.2, 0.25) is 0 Å². The lowest BCUT2D eigenvalue weighted by molar-refractivity contribution is -0.128. The van der Waals surface area contributed by atoms with Crippen molar-refractivity contribution in [1.29, 1.82) is 0 Å². The topological polar surface area (TPSA) is 55.2 Å². The number of carbonyl (C=O) groups is 1. The van der Waals surface area contributed by atoms with Gasteiger partial charge in [-0.1, -0.05) is 49.7 Å². The Bertz CT molecular complexity index is 1180. The highest BCUT2D eigenvalue weighted by atomic mass is 32.2. The SMILES string of the molecule is CC1CCc2c(sc3nc(SCC(=O)N4CCCCCC4)n(-c4ccccc4)c(=O)c23)C1. The van der Waals surface area contributed by atoms with Gasteiger partial charge < -0.3 is 4.90 Å². The summed E-state index contributed by atoms with van der Waals surface area (Å²) in [4.78, 5) is 35.8. The van der Waals surface area contributed by atoms with Crippen LogP contribution < -0.4 is 5.56 Å². The highest BCUT2D eigenvalue weighted by Crippen LogP contribution is 2.37. The minimum Gasteiger partial charge on any atom is -0.342 e. The Morgan fingerprint density at radius 1 is 1.16 bits per heavy atom. The van der Waals surface area contributed by atoms with Crippen LogP contribution in [0.5, 0.6) is 0 Å². The third kappa shape index (κ3) is 4.25. The third-order valence-electron chi connectivity index (χ3n) is 6.60. The number of thiophene rings is 1. The van der Waals surface area contributed by atoms with Crippen molar-refractivity contribution in [2.24, 2.45) is 5.92 Å². The minimum atomic E-state index is -0.00188. The van der Waals surface area contributed by atoms with Gasteiger partial charge in [0, 0.05) is 18.0 Å². The number of likely N-dealkylation sites (tertiary alicyclic amines) is 1. The van der Waals surface area contributed by atoms with Crippen molar-refractivity contribution >= 4 is 39.2 Å². The summed E-state index contributed by atoms with van der Waals surface area (Å²) in [6.07, 6.45) is 7.64. The van der Waals surface area contributed by atoms with E-state index in [0.29, 0.717) is 16.8 Å². The average molecular weight is 468 g/mol. The third-order valence-corrected chi connectivity index (χ3v) is 8.67. The molecule has 1 aromatic carbocycles. The van der Waals surface area contributed by atoms with E-state index >= 15 is 0 Å². The van der Waals surface area contributed by atoms with Crippen molar-refractivity contribution in [2.45, 2.75) is 57.0 Å². The lowest BCUT2D eigenvalue weighted by Crippen LogP contribution is -2.33. The van der Waals surface area contributed by atoms with E-state index in [1.165, 1.54) is 35.0 Å². The van der Waals surface area contributed by atoms with E-state index in [-0.39, 0.29) is 11.5 Å². The smallest absolute Gasteiger partial charge is 0.267 e. The molecule has 0 saturated carbocycles. The second kappa shape index (κ2) is 9.40. The molecule has 168 valence electrons. The van der Waals surface area contributed by atoms with Gasteiger partial charge in [-0.2, -0.15) is 0 Å². The Kier molecular flexibility index (Phi) is 6.37. The van der Waals surface area contributed by atoms with E-state index in [1.54, 1.807) is 15.9 Å².